The second-order valence-electron chi connectivity index (χ2n) is 15.7. The minimum atomic E-state index is -1.34. The van der Waals surface area contributed by atoms with Gasteiger partial charge in [-0.2, -0.15) is 0 Å². The zero-order valence-corrected chi connectivity index (χ0v) is 35.9. The Kier molecular flexibility index (Phi) is 11.8. The van der Waals surface area contributed by atoms with Gasteiger partial charge < -0.3 is 14.0 Å². The molecular weight excluding hydrogens is 857 g/mol. The van der Waals surface area contributed by atoms with E-state index in [4.69, 9.17) is 14.4 Å². The second-order valence-corrected chi connectivity index (χ2v) is 20.8. The number of furan rings is 1. The molecule has 0 fully saturated rings. The van der Waals surface area contributed by atoms with Gasteiger partial charge in [0.05, 0.1) is 30.5 Å². The van der Waals surface area contributed by atoms with Crippen LogP contribution in [0.2, 0.25) is 19.6 Å². The molecule has 8 rings (SSSR count). The number of benzene rings is 4. The zero-order valence-electron chi connectivity index (χ0n) is 32.5. The van der Waals surface area contributed by atoms with Crippen molar-refractivity contribution in [2.75, 3.05) is 0 Å². The van der Waals surface area contributed by atoms with Gasteiger partial charge in [-0.1, -0.05) is 119 Å². The Morgan fingerprint density at radius 2 is 1.57 bits per heavy atom. The van der Waals surface area contributed by atoms with Crippen LogP contribution in [-0.2, 0) is 33.1 Å². The van der Waals surface area contributed by atoms with Crippen LogP contribution in [0.4, 0.5) is 0 Å². The van der Waals surface area contributed by atoms with Crippen LogP contribution in [0.5, 0.6) is 0 Å². The van der Waals surface area contributed by atoms with E-state index in [-0.39, 0.29) is 20.1 Å². The SMILES string of the molecule is CC(C)Cc1cc(-c2[c-]cccc2)ncc1[Si](C)(C)C.Cc1c[c-]c(-c2nc3ccccc3n2Cc2ccccc2)c2oc3nc(C(C)C)ccc3c12.[Ir]. The minimum Gasteiger partial charge on any atom is -0.486 e. The number of hydrogen-bond acceptors (Lipinski definition) is 4. The first-order valence-corrected chi connectivity index (χ1v) is 22.2. The Morgan fingerprint density at radius 3 is 2.28 bits per heavy atom. The summed E-state index contributed by atoms with van der Waals surface area (Å²) in [5.74, 6) is 1.86. The Labute approximate surface area is 334 Å². The summed E-state index contributed by atoms with van der Waals surface area (Å²) in [4.78, 5) is 14.5. The van der Waals surface area contributed by atoms with E-state index in [2.05, 4.69) is 149 Å². The summed E-state index contributed by atoms with van der Waals surface area (Å²) >= 11 is 0. The molecule has 0 saturated carbocycles. The third kappa shape index (κ3) is 8.19. The van der Waals surface area contributed by atoms with Crippen molar-refractivity contribution >= 4 is 46.4 Å². The average Bonchev–Trinajstić information content (AvgIpc) is 3.71. The summed E-state index contributed by atoms with van der Waals surface area (Å²) in [7, 11) is -1.34. The number of aromatic nitrogens is 4. The molecule has 5 nitrogen and oxygen atoms in total. The van der Waals surface area contributed by atoms with Crippen LogP contribution >= 0.6 is 0 Å². The van der Waals surface area contributed by atoms with E-state index in [1.165, 1.54) is 16.3 Å². The molecule has 7 heteroatoms. The van der Waals surface area contributed by atoms with E-state index < -0.39 is 8.07 Å². The maximum absolute atomic E-state index is 6.42. The van der Waals surface area contributed by atoms with Crippen molar-refractivity contribution < 1.29 is 24.5 Å². The zero-order chi connectivity index (χ0) is 37.3. The van der Waals surface area contributed by atoms with E-state index >= 15 is 0 Å². The fourth-order valence-corrected chi connectivity index (χ4v) is 8.63. The summed E-state index contributed by atoms with van der Waals surface area (Å²) in [6.45, 7) is 18.8. The molecule has 0 aliphatic rings. The predicted octanol–water partition coefficient (Wildman–Crippen LogP) is 11.6. The molecule has 0 amide bonds. The molecule has 54 heavy (non-hydrogen) atoms. The predicted molar refractivity (Wildman–Crippen MR) is 223 cm³/mol. The van der Waals surface area contributed by atoms with Gasteiger partial charge in [0.2, 0.25) is 5.71 Å². The van der Waals surface area contributed by atoms with Crippen molar-refractivity contribution in [2.24, 2.45) is 5.92 Å². The number of hydrogen-bond donors (Lipinski definition) is 0. The van der Waals surface area contributed by atoms with Crippen molar-refractivity contribution in [1.82, 2.24) is 19.5 Å². The van der Waals surface area contributed by atoms with Crippen LogP contribution < -0.4 is 5.19 Å². The topological polar surface area (TPSA) is 56.7 Å². The van der Waals surface area contributed by atoms with Crippen molar-refractivity contribution in [2.45, 2.75) is 73.1 Å². The van der Waals surface area contributed by atoms with Crippen LogP contribution in [0.3, 0.4) is 0 Å². The second kappa shape index (κ2) is 16.4. The number of nitrogens with zero attached hydrogens (tertiary/aromatic N) is 4. The van der Waals surface area contributed by atoms with Gasteiger partial charge in [-0.3, -0.25) is 4.98 Å². The van der Waals surface area contributed by atoms with Crippen molar-refractivity contribution in [3.05, 3.63) is 144 Å². The van der Waals surface area contributed by atoms with Gasteiger partial charge in [0.1, 0.15) is 0 Å². The Balaban J connectivity index is 0.000000205. The fourth-order valence-electron chi connectivity index (χ4n) is 7.04. The molecule has 0 aliphatic heterocycles. The van der Waals surface area contributed by atoms with Crippen molar-refractivity contribution in [3.63, 3.8) is 0 Å². The summed E-state index contributed by atoms with van der Waals surface area (Å²) in [6, 6.07) is 42.1. The summed E-state index contributed by atoms with van der Waals surface area (Å²) in [6.07, 6.45) is 3.24. The van der Waals surface area contributed by atoms with Gasteiger partial charge >= 0.3 is 0 Å². The van der Waals surface area contributed by atoms with Gasteiger partial charge in [0, 0.05) is 43.9 Å². The maximum Gasteiger partial charge on any atom is 0.216 e. The molecule has 4 heterocycles. The van der Waals surface area contributed by atoms with Gasteiger partial charge in [-0.05, 0) is 59.0 Å². The third-order valence-electron chi connectivity index (χ3n) is 9.70. The Morgan fingerprint density at radius 1 is 0.833 bits per heavy atom. The largest absolute Gasteiger partial charge is 0.486 e. The fraction of sp³-hybridized carbons (Fsp3) is 0.255. The standard InChI is InChI=1S/C29H24N3O.C18H24NSi.Ir/c1-18(2)23-16-15-21-26-19(3)13-14-22(27(26)33-29(21)31-23)28-30-24-11-7-8-12-25(24)32(28)17-20-9-5-4-6-10-20;1-14(2)11-16-12-17(15-9-7-6-8-10-15)19-13-18(16)20(3,4)5;/h4-13,15-16,18H,17H2,1-3H3;6-9,12-14H,11H2,1-5H3;/q2*-1;. The van der Waals surface area contributed by atoms with E-state index in [0.29, 0.717) is 17.5 Å². The van der Waals surface area contributed by atoms with Crippen molar-refractivity contribution in [1.29, 1.82) is 0 Å². The molecule has 0 saturated heterocycles. The number of imidazole rings is 1. The molecular formula is C47H48IrN4OSi-2. The maximum atomic E-state index is 6.42. The molecule has 4 aromatic heterocycles. The van der Waals surface area contributed by atoms with Crippen molar-refractivity contribution in [3.8, 4) is 22.6 Å². The molecule has 0 bridgehead atoms. The summed E-state index contributed by atoms with van der Waals surface area (Å²) < 4.78 is 8.67. The number of pyridine rings is 2. The Bertz CT molecular complexity index is 2510. The molecule has 1 radical (unpaired) electrons. The van der Waals surface area contributed by atoms with Gasteiger partial charge in [-0.25, -0.2) is 4.98 Å². The van der Waals surface area contributed by atoms with Gasteiger partial charge in [0.25, 0.3) is 0 Å². The van der Waals surface area contributed by atoms with E-state index in [0.717, 1.165) is 74.3 Å². The smallest absolute Gasteiger partial charge is 0.216 e. The molecule has 0 N–H and O–H groups in total. The molecule has 0 unspecified atom stereocenters. The van der Waals surface area contributed by atoms with E-state index in [1.54, 1.807) is 0 Å². The number of para-hydroxylation sites is 2. The molecule has 0 spiro atoms. The molecule has 277 valence electrons. The third-order valence-corrected chi connectivity index (χ3v) is 11.8. The quantitative estimate of drug-likeness (QED) is 0.113. The molecule has 0 aliphatic carbocycles. The first-order valence-electron chi connectivity index (χ1n) is 18.7. The molecule has 8 aromatic rings. The van der Waals surface area contributed by atoms with Crippen LogP contribution in [0, 0.1) is 25.0 Å². The monoisotopic (exact) mass is 905 g/mol. The first kappa shape index (κ1) is 39.0. The van der Waals surface area contributed by atoms with Gasteiger partial charge in [0.15, 0.2) is 0 Å². The number of fused-ring (bicyclic) bond motifs is 4. The summed E-state index contributed by atoms with van der Waals surface area (Å²) in [5.41, 5.74) is 11.4. The first-order chi connectivity index (χ1) is 25.5. The number of rotatable bonds is 8. The minimum absolute atomic E-state index is 0. The average molecular weight is 905 g/mol. The van der Waals surface area contributed by atoms with E-state index in [1.807, 2.05) is 36.4 Å². The van der Waals surface area contributed by atoms with Crippen LogP contribution in [-0.4, -0.2) is 27.6 Å². The molecule has 4 aromatic carbocycles. The normalized spacial score (nSPS) is 11.7. The van der Waals surface area contributed by atoms with Crippen LogP contribution in [0.25, 0.3) is 55.7 Å². The number of aryl methyl sites for hydroxylation is 1. The summed E-state index contributed by atoms with van der Waals surface area (Å²) in [5, 5.41) is 3.61. The van der Waals surface area contributed by atoms with E-state index in [9.17, 15) is 0 Å². The molecule has 0 atom stereocenters. The Hall–Kier alpha value is -4.68. The van der Waals surface area contributed by atoms with Crippen LogP contribution in [0.1, 0.15) is 56.0 Å². The van der Waals surface area contributed by atoms with Gasteiger partial charge in [-0.15, -0.1) is 53.6 Å². The van der Waals surface area contributed by atoms with Crippen LogP contribution in [0.15, 0.2) is 114 Å².